The molecule has 0 unspecified atom stereocenters. The standard InChI is InChI=1S/C12H16O5/c13-6-10-5-11(14)12(8-17-10)16-4-3-15-7-9-1-2-9/h5,8-9,13H,1-4,6-7H2. The zero-order valence-electron chi connectivity index (χ0n) is 9.55. The van der Waals surface area contributed by atoms with Gasteiger partial charge in [-0.2, -0.15) is 0 Å². The highest BCUT2D eigenvalue weighted by Gasteiger charge is 2.20. The Morgan fingerprint density at radius 2 is 2.24 bits per heavy atom. The number of aliphatic hydroxyl groups excluding tert-OH is 1. The van der Waals surface area contributed by atoms with Crippen LogP contribution in [0.15, 0.2) is 21.5 Å². The molecule has 0 amide bonds. The van der Waals surface area contributed by atoms with Crippen molar-refractivity contribution in [3.8, 4) is 5.75 Å². The first-order chi connectivity index (χ1) is 8.29. The Kier molecular flexibility index (Phi) is 4.17. The maximum Gasteiger partial charge on any atom is 0.227 e. The van der Waals surface area contributed by atoms with Gasteiger partial charge >= 0.3 is 0 Å². The predicted molar refractivity (Wildman–Crippen MR) is 59.9 cm³/mol. The molecule has 0 bridgehead atoms. The van der Waals surface area contributed by atoms with Crippen LogP contribution in [0.5, 0.6) is 5.75 Å². The summed E-state index contributed by atoms with van der Waals surface area (Å²) < 4.78 is 15.6. The van der Waals surface area contributed by atoms with Crippen LogP contribution in [-0.4, -0.2) is 24.9 Å². The Hall–Kier alpha value is -1.33. The Balaban J connectivity index is 1.72. The molecule has 0 radical (unpaired) electrons. The van der Waals surface area contributed by atoms with Crippen LogP contribution < -0.4 is 10.2 Å². The molecule has 1 saturated carbocycles. The highest BCUT2D eigenvalue weighted by Crippen LogP contribution is 2.28. The van der Waals surface area contributed by atoms with E-state index in [9.17, 15) is 4.79 Å². The van der Waals surface area contributed by atoms with Crippen LogP contribution in [0.1, 0.15) is 18.6 Å². The van der Waals surface area contributed by atoms with Crippen LogP contribution in [0.2, 0.25) is 0 Å². The van der Waals surface area contributed by atoms with E-state index in [0.717, 1.165) is 12.5 Å². The largest absolute Gasteiger partial charge is 0.484 e. The van der Waals surface area contributed by atoms with Crippen molar-refractivity contribution in [3.63, 3.8) is 0 Å². The highest BCUT2D eigenvalue weighted by molar-refractivity contribution is 5.17. The van der Waals surface area contributed by atoms with Crippen molar-refractivity contribution < 1.29 is 19.0 Å². The average Bonchev–Trinajstić information content (AvgIpc) is 3.14. The molecular weight excluding hydrogens is 224 g/mol. The zero-order chi connectivity index (χ0) is 12.1. The third-order valence-electron chi connectivity index (χ3n) is 2.54. The summed E-state index contributed by atoms with van der Waals surface area (Å²) in [4.78, 5) is 11.4. The summed E-state index contributed by atoms with van der Waals surface area (Å²) in [5, 5.41) is 8.76. The van der Waals surface area contributed by atoms with Crippen molar-refractivity contribution in [1.29, 1.82) is 0 Å². The molecule has 0 aromatic carbocycles. The van der Waals surface area contributed by atoms with Crippen LogP contribution in [0.4, 0.5) is 0 Å². The van der Waals surface area contributed by atoms with Crippen LogP contribution in [-0.2, 0) is 11.3 Å². The first-order valence-corrected chi connectivity index (χ1v) is 5.72. The summed E-state index contributed by atoms with van der Waals surface area (Å²) in [6, 6.07) is 1.22. The van der Waals surface area contributed by atoms with Gasteiger partial charge in [-0.25, -0.2) is 0 Å². The molecule has 0 atom stereocenters. The van der Waals surface area contributed by atoms with E-state index in [0.29, 0.717) is 13.2 Å². The van der Waals surface area contributed by atoms with E-state index < -0.39 is 0 Å². The minimum absolute atomic E-state index is 0.150. The molecule has 1 aromatic heterocycles. The molecule has 1 aliphatic rings. The summed E-state index contributed by atoms with van der Waals surface area (Å²) in [6.45, 7) is 1.29. The quantitative estimate of drug-likeness (QED) is 0.718. The minimum Gasteiger partial charge on any atom is -0.484 e. The lowest BCUT2D eigenvalue weighted by atomic mass is 10.4. The molecule has 0 aliphatic heterocycles. The fraction of sp³-hybridized carbons (Fsp3) is 0.583. The van der Waals surface area contributed by atoms with Crippen LogP contribution >= 0.6 is 0 Å². The summed E-state index contributed by atoms with van der Waals surface area (Å²) in [5.41, 5.74) is -0.289. The van der Waals surface area contributed by atoms with Gasteiger partial charge in [0, 0.05) is 12.7 Å². The van der Waals surface area contributed by atoms with Gasteiger partial charge in [0.05, 0.1) is 6.61 Å². The number of hydrogen-bond donors (Lipinski definition) is 1. The van der Waals surface area contributed by atoms with Crippen molar-refractivity contribution in [2.45, 2.75) is 19.4 Å². The summed E-state index contributed by atoms with van der Waals surface area (Å²) in [5.74, 6) is 1.11. The van der Waals surface area contributed by atoms with E-state index in [4.69, 9.17) is 19.0 Å². The molecule has 1 aliphatic carbocycles. The van der Waals surface area contributed by atoms with E-state index in [2.05, 4.69) is 0 Å². The zero-order valence-corrected chi connectivity index (χ0v) is 9.55. The second kappa shape index (κ2) is 5.84. The number of aliphatic hydroxyl groups is 1. The van der Waals surface area contributed by atoms with Crippen LogP contribution in [0.25, 0.3) is 0 Å². The van der Waals surface area contributed by atoms with Gasteiger partial charge in [0.25, 0.3) is 0 Å². The molecule has 94 valence electrons. The number of ether oxygens (including phenoxy) is 2. The third-order valence-corrected chi connectivity index (χ3v) is 2.54. The summed E-state index contributed by atoms with van der Waals surface area (Å²) >= 11 is 0. The Bertz CT molecular complexity index is 408. The molecular formula is C12H16O5. The molecule has 1 heterocycles. The molecule has 1 N–H and O–H groups in total. The van der Waals surface area contributed by atoms with E-state index >= 15 is 0 Å². The Morgan fingerprint density at radius 1 is 1.41 bits per heavy atom. The van der Waals surface area contributed by atoms with Crippen molar-refractivity contribution in [2.24, 2.45) is 5.92 Å². The lowest BCUT2D eigenvalue weighted by molar-refractivity contribution is 0.0914. The predicted octanol–water partition coefficient (Wildman–Crippen LogP) is 0.938. The van der Waals surface area contributed by atoms with Crippen molar-refractivity contribution in [1.82, 2.24) is 0 Å². The fourth-order valence-corrected chi connectivity index (χ4v) is 1.37. The van der Waals surface area contributed by atoms with Gasteiger partial charge in [-0.3, -0.25) is 4.79 Å². The van der Waals surface area contributed by atoms with E-state index in [1.54, 1.807) is 0 Å². The van der Waals surface area contributed by atoms with Gasteiger partial charge in [-0.05, 0) is 18.8 Å². The summed E-state index contributed by atoms with van der Waals surface area (Å²) in [7, 11) is 0. The minimum atomic E-state index is -0.292. The molecule has 2 rings (SSSR count). The van der Waals surface area contributed by atoms with Gasteiger partial charge in [0.15, 0.2) is 0 Å². The molecule has 17 heavy (non-hydrogen) atoms. The van der Waals surface area contributed by atoms with Gasteiger partial charge in [0.2, 0.25) is 11.2 Å². The fourth-order valence-electron chi connectivity index (χ4n) is 1.37. The lowest BCUT2D eigenvalue weighted by Crippen LogP contribution is -2.13. The maximum absolute atomic E-state index is 11.4. The second-order valence-electron chi connectivity index (χ2n) is 4.10. The Morgan fingerprint density at radius 3 is 2.88 bits per heavy atom. The molecule has 0 spiro atoms. The molecule has 1 aromatic rings. The van der Waals surface area contributed by atoms with Gasteiger partial charge in [-0.1, -0.05) is 0 Å². The van der Waals surface area contributed by atoms with Gasteiger partial charge < -0.3 is 19.0 Å². The molecule has 5 heteroatoms. The van der Waals surface area contributed by atoms with Gasteiger partial charge in [0.1, 0.15) is 25.2 Å². The number of rotatable bonds is 7. The third kappa shape index (κ3) is 3.87. The van der Waals surface area contributed by atoms with E-state index in [1.807, 2.05) is 0 Å². The number of hydrogen-bond acceptors (Lipinski definition) is 5. The van der Waals surface area contributed by atoms with Crippen LogP contribution in [0, 0.1) is 5.92 Å². The summed E-state index contributed by atoms with van der Waals surface area (Å²) in [6.07, 6.45) is 3.73. The van der Waals surface area contributed by atoms with Gasteiger partial charge in [-0.15, -0.1) is 0 Å². The topological polar surface area (TPSA) is 68.9 Å². The second-order valence-corrected chi connectivity index (χ2v) is 4.10. The van der Waals surface area contributed by atoms with E-state index in [1.165, 1.54) is 25.2 Å². The molecule has 1 fully saturated rings. The highest BCUT2D eigenvalue weighted by atomic mass is 16.5. The smallest absolute Gasteiger partial charge is 0.227 e. The SMILES string of the molecule is O=c1cc(CO)occ1OCCOCC1CC1. The Labute approximate surface area is 99.0 Å². The van der Waals surface area contributed by atoms with Crippen molar-refractivity contribution >= 4 is 0 Å². The normalized spacial score (nSPS) is 14.9. The first kappa shape index (κ1) is 12.1. The maximum atomic E-state index is 11.4. The average molecular weight is 240 g/mol. The van der Waals surface area contributed by atoms with Crippen molar-refractivity contribution in [3.05, 3.63) is 28.3 Å². The molecule has 0 saturated heterocycles. The lowest BCUT2D eigenvalue weighted by Gasteiger charge is -2.05. The van der Waals surface area contributed by atoms with E-state index in [-0.39, 0.29) is 23.5 Å². The first-order valence-electron chi connectivity index (χ1n) is 5.72. The van der Waals surface area contributed by atoms with Crippen molar-refractivity contribution in [2.75, 3.05) is 19.8 Å². The van der Waals surface area contributed by atoms with Crippen LogP contribution in [0.3, 0.4) is 0 Å². The molecule has 5 nitrogen and oxygen atoms in total. The monoisotopic (exact) mass is 240 g/mol.